The van der Waals surface area contributed by atoms with Crippen LogP contribution in [-0.2, 0) is 4.79 Å². The Morgan fingerprint density at radius 2 is 1.65 bits per heavy atom. The van der Waals surface area contributed by atoms with E-state index in [0.29, 0.717) is 10.9 Å². The van der Waals surface area contributed by atoms with Crippen molar-refractivity contribution in [2.75, 3.05) is 26.0 Å². The van der Waals surface area contributed by atoms with Crippen LogP contribution in [-0.4, -0.2) is 51.5 Å². The van der Waals surface area contributed by atoms with E-state index in [1.54, 1.807) is 7.11 Å². The molecule has 0 bridgehead atoms. The molecule has 7 heteroatoms. The van der Waals surface area contributed by atoms with Gasteiger partial charge in [-0.15, -0.1) is 10.2 Å². The van der Waals surface area contributed by atoms with Crippen molar-refractivity contribution < 1.29 is 9.53 Å². The highest BCUT2D eigenvalue weighted by molar-refractivity contribution is 7.99. The summed E-state index contributed by atoms with van der Waals surface area (Å²) in [6.45, 7) is 7.82. The minimum Gasteiger partial charge on any atom is -0.497 e. The standard InChI is InChI=1S/C24H30N4O2S/c1-5-15-27(16-6-2)22(29)17-31-24-26-25-23(19-9-7-18(3)8-10-19)28(24)20-11-13-21(30-4)14-12-20/h7-14H,5-6,15-17H2,1-4H3. The number of carbonyl (C=O) groups excluding carboxylic acids is 1. The average Bonchev–Trinajstić information content (AvgIpc) is 3.21. The molecule has 164 valence electrons. The molecular formula is C24H30N4O2S. The Morgan fingerprint density at radius 1 is 1.00 bits per heavy atom. The summed E-state index contributed by atoms with van der Waals surface area (Å²) in [4.78, 5) is 14.7. The number of benzene rings is 2. The Morgan fingerprint density at radius 3 is 2.23 bits per heavy atom. The van der Waals surface area contributed by atoms with E-state index in [9.17, 15) is 4.79 Å². The largest absolute Gasteiger partial charge is 0.497 e. The molecule has 3 aromatic rings. The third-order valence-corrected chi connectivity index (χ3v) is 5.85. The second kappa shape index (κ2) is 11.0. The van der Waals surface area contributed by atoms with Crippen molar-refractivity contribution in [3.05, 3.63) is 54.1 Å². The molecule has 0 aliphatic rings. The molecular weight excluding hydrogens is 408 g/mol. The Bertz CT molecular complexity index is 978. The molecule has 0 aliphatic heterocycles. The Hall–Kier alpha value is -2.80. The SMILES string of the molecule is CCCN(CCC)C(=O)CSc1nnc(-c2ccc(C)cc2)n1-c1ccc(OC)cc1. The van der Waals surface area contributed by atoms with Crippen LogP contribution in [0.2, 0.25) is 0 Å². The maximum Gasteiger partial charge on any atom is 0.233 e. The van der Waals surface area contributed by atoms with Crippen LogP contribution in [0.4, 0.5) is 0 Å². The van der Waals surface area contributed by atoms with Gasteiger partial charge in [0.2, 0.25) is 5.91 Å². The lowest BCUT2D eigenvalue weighted by Crippen LogP contribution is -2.33. The molecule has 0 saturated heterocycles. The summed E-state index contributed by atoms with van der Waals surface area (Å²) in [7, 11) is 1.65. The number of amides is 1. The van der Waals surface area contributed by atoms with Crippen LogP contribution in [0.25, 0.3) is 17.1 Å². The summed E-state index contributed by atoms with van der Waals surface area (Å²) >= 11 is 1.43. The quantitative estimate of drug-likeness (QED) is 0.417. The average molecular weight is 439 g/mol. The molecule has 3 rings (SSSR count). The lowest BCUT2D eigenvalue weighted by atomic mass is 10.1. The zero-order valence-electron chi connectivity index (χ0n) is 18.7. The van der Waals surface area contributed by atoms with Gasteiger partial charge in [0.15, 0.2) is 11.0 Å². The number of methoxy groups -OCH3 is 1. The number of ether oxygens (including phenoxy) is 1. The van der Waals surface area contributed by atoms with Crippen molar-refractivity contribution in [1.29, 1.82) is 0 Å². The number of carbonyl (C=O) groups is 1. The predicted molar refractivity (Wildman–Crippen MR) is 126 cm³/mol. The molecule has 1 heterocycles. The van der Waals surface area contributed by atoms with E-state index in [0.717, 1.165) is 48.8 Å². The molecule has 0 unspecified atom stereocenters. The molecule has 0 fully saturated rings. The van der Waals surface area contributed by atoms with Crippen LogP contribution in [0.1, 0.15) is 32.3 Å². The molecule has 0 spiro atoms. The van der Waals surface area contributed by atoms with E-state index in [1.807, 2.05) is 45.9 Å². The van der Waals surface area contributed by atoms with E-state index in [-0.39, 0.29) is 5.91 Å². The molecule has 0 N–H and O–H groups in total. The number of rotatable bonds is 10. The smallest absolute Gasteiger partial charge is 0.233 e. The van der Waals surface area contributed by atoms with Crippen molar-refractivity contribution in [1.82, 2.24) is 19.7 Å². The molecule has 0 aliphatic carbocycles. The zero-order chi connectivity index (χ0) is 22.2. The lowest BCUT2D eigenvalue weighted by Gasteiger charge is -2.21. The van der Waals surface area contributed by atoms with Gasteiger partial charge in [0, 0.05) is 24.3 Å². The van der Waals surface area contributed by atoms with Gasteiger partial charge in [-0.1, -0.05) is 55.4 Å². The second-order valence-corrected chi connectivity index (χ2v) is 8.32. The molecule has 0 atom stereocenters. The van der Waals surface area contributed by atoms with Gasteiger partial charge >= 0.3 is 0 Å². The molecule has 0 radical (unpaired) electrons. The fraction of sp³-hybridized carbons (Fsp3) is 0.375. The zero-order valence-corrected chi connectivity index (χ0v) is 19.5. The first-order valence-corrected chi connectivity index (χ1v) is 11.6. The highest BCUT2D eigenvalue weighted by Gasteiger charge is 2.19. The Labute approximate surface area is 188 Å². The first-order chi connectivity index (χ1) is 15.1. The van der Waals surface area contributed by atoms with Gasteiger partial charge < -0.3 is 9.64 Å². The first-order valence-electron chi connectivity index (χ1n) is 10.6. The Balaban J connectivity index is 1.92. The number of nitrogens with zero attached hydrogens (tertiary/aromatic N) is 4. The highest BCUT2D eigenvalue weighted by atomic mass is 32.2. The number of hydrogen-bond donors (Lipinski definition) is 0. The third-order valence-electron chi connectivity index (χ3n) is 4.94. The minimum absolute atomic E-state index is 0.134. The van der Waals surface area contributed by atoms with Crippen molar-refractivity contribution in [2.24, 2.45) is 0 Å². The minimum atomic E-state index is 0.134. The maximum absolute atomic E-state index is 12.8. The van der Waals surface area contributed by atoms with Crippen molar-refractivity contribution >= 4 is 17.7 Å². The van der Waals surface area contributed by atoms with E-state index in [2.05, 4.69) is 43.1 Å². The normalized spacial score (nSPS) is 10.8. The summed E-state index contributed by atoms with van der Waals surface area (Å²) < 4.78 is 7.31. The fourth-order valence-corrected chi connectivity index (χ4v) is 4.19. The van der Waals surface area contributed by atoms with E-state index in [4.69, 9.17) is 4.74 Å². The molecule has 31 heavy (non-hydrogen) atoms. The van der Waals surface area contributed by atoms with Gasteiger partial charge in [-0.2, -0.15) is 0 Å². The summed E-state index contributed by atoms with van der Waals surface area (Å²) in [5, 5.41) is 9.59. The van der Waals surface area contributed by atoms with Crippen molar-refractivity contribution in [3.8, 4) is 22.8 Å². The monoisotopic (exact) mass is 438 g/mol. The van der Waals surface area contributed by atoms with Crippen LogP contribution >= 0.6 is 11.8 Å². The third kappa shape index (κ3) is 5.67. The maximum atomic E-state index is 12.8. The van der Waals surface area contributed by atoms with Crippen LogP contribution < -0.4 is 4.74 Å². The lowest BCUT2D eigenvalue weighted by molar-refractivity contribution is -0.128. The van der Waals surface area contributed by atoms with Crippen molar-refractivity contribution in [3.63, 3.8) is 0 Å². The van der Waals surface area contributed by atoms with Gasteiger partial charge in [-0.3, -0.25) is 9.36 Å². The van der Waals surface area contributed by atoms with E-state index < -0.39 is 0 Å². The van der Waals surface area contributed by atoms with Crippen LogP contribution in [0, 0.1) is 6.92 Å². The van der Waals surface area contributed by atoms with E-state index in [1.165, 1.54) is 17.3 Å². The predicted octanol–water partition coefficient (Wildman–Crippen LogP) is 4.99. The van der Waals surface area contributed by atoms with Crippen LogP contribution in [0.15, 0.2) is 53.7 Å². The summed E-state index contributed by atoms with van der Waals surface area (Å²) in [6, 6.07) is 16.0. The molecule has 1 amide bonds. The summed E-state index contributed by atoms with van der Waals surface area (Å²) in [6.07, 6.45) is 1.91. The van der Waals surface area contributed by atoms with Gasteiger partial charge in [0.05, 0.1) is 12.9 Å². The van der Waals surface area contributed by atoms with Crippen LogP contribution in [0.5, 0.6) is 5.75 Å². The molecule has 0 saturated carbocycles. The van der Waals surface area contributed by atoms with Gasteiger partial charge in [0.25, 0.3) is 0 Å². The van der Waals surface area contributed by atoms with Gasteiger partial charge in [0.1, 0.15) is 5.75 Å². The van der Waals surface area contributed by atoms with Gasteiger partial charge in [-0.25, -0.2) is 0 Å². The Kier molecular flexibility index (Phi) is 8.12. The second-order valence-electron chi connectivity index (χ2n) is 7.38. The highest BCUT2D eigenvalue weighted by Crippen LogP contribution is 2.29. The first kappa shape index (κ1) is 22.9. The molecule has 6 nitrogen and oxygen atoms in total. The summed E-state index contributed by atoms with van der Waals surface area (Å²) in [5.74, 6) is 2.00. The van der Waals surface area contributed by atoms with Crippen molar-refractivity contribution in [2.45, 2.75) is 38.8 Å². The summed E-state index contributed by atoms with van der Waals surface area (Å²) in [5.41, 5.74) is 3.09. The topological polar surface area (TPSA) is 60.2 Å². The number of aromatic nitrogens is 3. The number of hydrogen-bond acceptors (Lipinski definition) is 5. The number of aryl methyl sites for hydroxylation is 1. The van der Waals surface area contributed by atoms with Crippen LogP contribution in [0.3, 0.4) is 0 Å². The number of thioether (sulfide) groups is 1. The fourth-order valence-electron chi connectivity index (χ4n) is 3.34. The van der Waals surface area contributed by atoms with Gasteiger partial charge in [-0.05, 0) is 44.0 Å². The molecule has 1 aromatic heterocycles. The molecule has 2 aromatic carbocycles. The van der Waals surface area contributed by atoms with E-state index >= 15 is 0 Å².